The van der Waals surface area contributed by atoms with E-state index < -0.39 is 29.5 Å². The van der Waals surface area contributed by atoms with Gasteiger partial charge in [0.2, 0.25) is 0 Å². The first-order chi connectivity index (χ1) is 9.60. The SMILES string of the molecule is Cl.N[C@H](c1cccs1)c1ccc(C(F)(F)F)cc1C(F)(F)F. The van der Waals surface area contributed by atoms with E-state index in [4.69, 9.17) is 5.73 Å². The van der Waals surface area contributed by atoms with Crippen LogP contribution in [0.1, 0.15) is 27.6 Å². The highest BCUT2D eigenvalue weighted by Gasteiger charge is 2.39. The lowest BCUT2D eigenvalue weighted by Crippen LogP contribution is -2.19. The smallest absolute Gasteiger partial charge is 0.320 e. The van der Waals surface area contributed by atoms with Gasteiger partial charge in [-0.05, 0) is 29.1 Å². The van der Waals surface area contributed by atoms with Gasteiger partial charge in [-0.3, -0.25) is 0 Å². The highest BCUT2D eigenvalue weighted by Crippen LogP contribution is 2.40. The third-order valence-electron chi connectivity index (χ3n) is 2.87. The molecule has 0 amide bonds. The molecule has 1 aromatic heterocycles. The summed E-state index contributed by atoms with van der Waals surface area (Å²) in [6, 6.07) is 3.52. The van der Waals surface area contributed by atoms with Gasteiger partial charge in [0.25, 0.3) is 0 Å². The number of nitrogens with two attached hydrogens (primary N) is 1. The van der Waals surface area contributed by atoms with Gasteiger partial charge in [0.05, 0.1) is 17.2 Å². The number of hydrogen-bond acceptors (Lipinski definition) is 2. The van der Waals surface area contributed by atoms with Gasteiger partial charge in [0, 0.05) is 4.88 Å². The molecule has 0 aliphatic rings. The van der Waals surface area contributed by atoms with Crippen LogP contribution in [0.5, 0.6) is 0 Å². The molecule has 2 aromatic rings. The van der Waals surface area contributed by atoms with Gasteiger partial charge in [-0.25, -0.2) is 0 Å². The Bertz CT molecular complexity index is 620. The molecule has 0 radical (unpaired) electrons. The van der Waals surface area contributed by atoms with Crippen molar-refractivity contribution in [3.63, 3.8) is 0 Å². The van der Waals surface area contributed by atoms with Crippen molar-refractivity contribution >= 4 is 23.7 Å². The molecule has 0 aliphatic carbocycles. The highest BCUT2D eigenvalue weighted by atomic mass is 35.5. The maximum atomic E-state index is 13.0. The minimum absolute atomic E-state index is 0. The predicted molar refractivity (Wildman–Crippen MR) is 74.0 cm³/mol. The van der Waals surface area contributed by atoms with Crippen LogP contribution < -0.4 is 5.73 Å². The number of benzene rings is 1. The maximum absolute atomic E-state index is 13.0. The van der Waals surface area contributed by atoms with E-state index in [1.54, 1.807) is 11.4 Å². The van der Waals surface area contributed by atoms with Crippen molar-refractivity contribution in [2.75, 3.05) is 0 Å². The lowest BCUT2D eigenvalue weighted by molar-refractivity contribution is -0.143. The zero-order valence-electron chi connectivity index (χ0n) is 10.7. The third-order valence-corrected chi connectivity index (χ3v) is 3.83. The van der Waals surface area contributed by atoms with Gasteiger partial charge in [0.15, 0.2) is 0 Å². The molecule has 0 aliphatic heterocycles. The second-order valence-corrected chi connectivity index (χ2v) is 5.27. The highest BCUT2D eigenvalue weighted by molar-refractivity contribution is 7.10. The molecular formula is C13H10ClF6NS. The van der Waals surface area contributed by atoms with Crippen LogP contribution in [0.25, 0.3) is 0 Å². The summed E-state index contributed by atoms with van der Waals surface area (Å²) in [4.78, 5) is 0.445. The number of rotatable bonds is 2. The summed E-state index contributed by atoms with van der Waals surface area (Å²) in [5.74, 6) is 0. The van der Waals surface area contributed by atoms with Crippen LogP contribution >= 0.6 is 23.7 Å². The van der Waals surface area contributed by atoms with Crippen LogP contribution in [0.2, 0.25) is 0 Å². The van der Waals surface area contributed by atoms with Crippen molar-refractivity contribution in [3.05, 3.63) is 57.3 Å². The third kappa shape index (κ3) is 3.93. The lowest BCUT2D eigenvalue weighted by atomic mass is 9.97. The van der Waals surface area contributed by atoms with E-state index in [2.05, 4.69) is 0 Å². The van der Waals surface area contributed by atoms with Gasteiger partial charge in [-0.15, -0.1) is 23.7 Å². The molecule has 2 N–H and O–H groups in total. The Morgan fingerprint density at radius 3 is 2.05 bits per heavy atom. The number of hydrogen-bond donors (Lipinski definition) is 1. The molecule has 1 nitrogen and oxygen atoms in total. The standard InChI is InChI=1S/C13H9F6NS.ClH/c14-12(15,16)7-3-4-8(9(6-7)13(17,18)19)11(20)10-2-1-5-21-10;/h1-6,11H,20H2;1H/t11-;/m0./s1. The van der Waals surface area contributed by atoms with Crippen LogP contribution in [0, 0.1) is 0 Å². The quantitative estimate of drug-likeness (QED) is 0.726. The molecule has 0 unspecified atom stereocenters. The summed E-state index contributed by atoms with van der Waals surface area (Å²) in [6.07, 6.45) is -9.75. The Kier molecular flexibility index (Phi) is 5.53. The van der Waals surface area contributed by atoms with E-state index >= 15 is 0 Å². The van der Waals surface area contributed by atoms with Crippen molar-refractivity contribution in [2.45, 2.75) is 18.4 Å². The molecule has 122 valence electrons. The summed E-state index contributed by atoms with van der Waals surface area (Å²) in [5, 5.41) is 1.63. The van der Waals surface area contributed by atoms with Crippen LogP contribution in [0.15, 0.2) is 35.7 Å². The second-order valence-electron chi connectivity index (χ2n) is 4.29. The van der Waals surface area contributed by atoms with E-state index in [1.165, 1.54) is 6.07 Å². The Morgan fingerprint density at radius 2 is 1.59 bits per heavy atom. The van der Waals surface area contributed by atoms with Gasteiger partial charge in [0.1, 0.15) is 0 Å². The largest absolute Gasteiger partial charge is 0.416 e. The summed E-state index contributed by atoms with van der Waals surface area (Å²) in [7, 11) is 0. The molecule has 0 spiro atoms. The molecule has 1 aromatic carbocycles. The normalized spacial score (nSPS) is 13.6. The predicted octanol–water partition coefficient (Wildman–Crippen LogP) is 5.26. The fourth-order valence-corrected chi connectivity index (χ4v) is 2.62. The van der Waals surface area contributed by atoms with Gasteiger partial charge in [-0.2, -0.15) is 26.3 Å². The van der Waals surface area contributed by atoms with Crippen molar-refractivity contribution in [3.8, 4) is 0 Å². The average molecular weight is 362 g/mol. The number of thiophene rings is 1. The van der Waals surface area contributed by atoms with Crippen molar-refractivity contribution in [1.29, 1.82) is 0 Å². The lowest BCUT2D eigenvalue weighted by Gasteiger charge is -2.19. The van der Waals surface area contributed by atoms with E-state index in [0.29, 0.717) is 10.9 Å². The van der Waals surface area contributed by atoms with Gasteiger partial charge < -0.3 is 5.73 Å². The molecule has 0 fully saturated rings. The minimum Gasteiger partial charge on any atom is -0.320 e. The second kappa shape index (κ2) is 6.47. The molecule has 0 saturated carbocycles. The topological polar surface area (TPSA) is 26.0 Å². The molecular weight excluding hydrogens is 352 g/mol. The van der Waals surface area contributed by atoms with E-state index in [-0.39, 0.29) is 24.0 Å². The minimum atomic E-state index is -4.91. The fraction of sp³-hybridized carbons (Fsp3) is 0.231. The first-order valence-corrected chi connectivity index (χ1v) is 6.56. The van der Waals surface area contributed by atoms with Gasteiger partial charge >= 0.3 is 12.4 Å². The van der Waals surface area contributed by atoms with Crippen molar-refractivity contribution in [2.24, 2.45) is 5.73 Å². The van der Waals surface area contributed by atoms with E-state index in [9.17, 15) is 26.3 Å². The summed E-state index contributed by atoms with van der Waals surface area (Å²) >= 11 is 1.14. The van der Waals surface area contributed by atoms with Crippen molar-refractivity contribution < 1.29 is 26.3 Å². The van der Waals surface area contributed by atoms with Crippen LogP contribution in [0.4, 0.5) is 26.3 Å². The monoisotopic (exact) mass is 361 g/mol. The molecule has 22 heavy (non-hydrogen) atoms. The Balaban J connectivity index is 0.00000242. The number of alkyl halides is 6. The maximum Gasteiger partial charge on any atom is 0.416 e. The Hall–Kier alpha value is -1.25. The van der Waals surface area contributed by atoms with E-state index in [1.807, 2.05) is 0 Å². The summed E-state index contributed by atoms with van der Waals surface area (Å²) in [5.41, 5.74) is 2.66. The Morgan fingerprint density at radius 1 is 0.955 bits per heavy atom. The zero-order valence-corrected chi connectivity index (χ0v) is 12.3. The fourth-order valence-electron chi connectivity index (χ4n) is 1.87. The van der Waals surface area contributed by atoms with Crippen molar-refractivity contribution in [1.82, 2.24) is 0 Å². The van der Waals surface area contributed by atoms with Crippen LogP contribution in [-0.2, 0) is 12.4 Å². The number of halogens is 7. The first-order valence-electron chi connectivity index (χ1n) is 5.68. The van der Waals surface area contributed by atoms with E-state index in [0.717, 1.165) is 17.4 Å². The molecule has 2 rings (SSSR count). The molecule has 9 heteroatoms. The Labute approximate surface area is 132 Å². The summed E-state index contributed by atoms with van der Waals surface area (Å²) < 4.78 is 76.7. The molecule has 0 saturated heterocycles. The zero-order chi connectivity index (χ0) is 15.8. The molecule has 0 bridgehead atoms. The average Bonchev–Trinajstić information content (AvgIpc) is 2.89. The van der Waals surface area contributed by atoms with Crippen LogP contribution in [-0.4, -0.2) is 0 Å². The van der Waals surface area contributed by atoms with Crippen LogP contribution in [0.3, 0.4) is 0 Å². The summed E-state index contributed by atoms with van der Waals surface area (Å²) in [6.45, 7) is 0. The molecule has 1 atom stereocenters. The first kappa shape index (κ1) is 18.8. The van der Waals surface area contributed by atoms with Gasteiger partial charge in [-0.1, -0.05) is 12.1 Å². The molecule has 1 heterocycles.